The van der Waals surface area contributed by atoms with Crippen molar-refractivity contribution in [3.63, 3.8) is 0 Å². The Hall–Kier alpha value is -1.83. The van der Waals surface area contributed by atoms with Crippen LogP contribution in [0, 0.1) is 5.41 Å². The molecule has 0 aliphatic heterocycles. The quantitative estimate of drug-likeness (QED) is 0.242. The van der Waals surface area contributed by atoms with E-state index in [0.29, 0.717) is 24.4 Å². The summed E-state index contributed by atoms with van der Waals surface area (Å²) in [5.41, 5.74) is -0.370. The van der Waals surface area contributed by atoms with E-state index >= 15 is 0 Å². The van der Waals surface area contributed by atoms with E-state index in [0.717, 1.165) is 0 Å². The molecule has 1 unspecified atom stereocenters. The number of carbonyl (C=O) groups is 2. The molecule has 0 aliphatic carbocycles. The molecule has 0 aromatic rings. The van der Waals surface area contributed by atoms with Crippen LogP contribution in [-0.4, -0.2) is 48.9 Å². The first-order valence-corrected chi connectivity index (χ1v) is 10.4. The second kappa shape index (κ2) is 14.2. The predicted octanol–water partition coefficient (Wildman–Crippen LogP) is 3.39. The zero-order chi connectivity index (χ0) is 23.3. The molecule has 8 heteroatoms. The van der Waals surface area contributed by atoms with Crippen molar-refractivity contribution < 1.29 is 24.2 Å². The van der Waals surface area contributed by atoms with Gasteiger partial charge in [0.1, 0.15) is 6.10 Å². The van der Waals surface area contributed by atoms with Gasteiger partial charge in [-0.05, 0) is 51.3 Å². The molecule has 0 spiro atoms. The van der Waals surface area contributed by atoms with Gasteiger partial charge in [-0.25, -0.2) is 4.79 Å². The van der Waals surface area contributed by atoms with Gasteiger partial charge in [-0.1, -0.05) is 44.5 Å². The highest BCUT2D eigenvalue weighted by Crippen LogP contribution is 2.19. The minimum atomic E-state index is -0.562. The van der Waals surface area contributed by atoms with Gasteiger partial charge >= 0.3 is 5.97 Å². The smallest absolute Gasteiger partial charge is 0.373 e. The molecule has 1 amide bonds. The first-order chi connectivity index (χ1) is 13.9. The number of allylic oxidation sites excluding steroid dienone is 2. The average Bonchev–Trinajstić information content (AvgIpc) is 2.63. The maximum atomic E-state index is 12.6. The monoisotopic (exact) mass is 444 g/mol. The Balaban J connectivity index is 4.71. The van der Waals surface area contributed by atoms with Gasteiger partial charge in [0.2, 0.25) is 5.91 Å². The number of methoxy groups -OCH3 is 1. The lowest BCUT2D eigenvalue weighted by molar-refractivity contribution is -0.147. The fourth-order valence-corrected chi connectivity index (χ4v) is 2.61. The number of rotatable bonds is 12. The third-order valence-corrected chi connectivity index (χ3v) is 4.31. The molecular weight excluding hydrogens is 408 g/mol. The summed E-state index contributed by atoms with van der Waals surface area (Å²) in [7, 11) is 1.40. The summed E-state index contributed by atoms with van der Waals surface area (Å²) < 4.78 is 10.3. The lowest BCUT2D eigenvalue weighted by Crippen LogP contribution is -2.52. The number of amides is 1. The van der Waals surface area contributed by atoms with Crippen LogP contribution in [0.1, 0.15) is 54.4 Å². The molecule has 0 aliphatic rings. The lowest BCUT2D eigenvalue weighted by atomic mass is 9.86. The Labute approximate surface area is 185 Å². The van der Waals surface area contributed by atoms with Crippen molar-refractivity contribution in [1.82, 2.24) is 10.6 Å². The molecule has 7 nitrogen and oxygen atoms in total. The summed E-state index contributed by atoms with van der Waals surface area (Å²) in [5.74, 6) is -0.628. The van der Waals surface area contributed by atoms with Crippen molar-refractivity contribution in [2.24, 2.45) is 5.41 Å². The van der Waals surface area contributed by atoms with E-state index in [2.05, 4.69) is 10.6 Å². The lowest BCUT2D eigenvalue weighted by Gasteiger charge is -2.31. The van der Waals surface area contributed by atoms with E-state index in [9.17, 15) is 14.7 Å². The van der Waals surface area contributed by atoms with Gasteiger partial charge in [0.05, 0.1) is 19.3 Å². The molecule has 0 aromatic carbocycles. The number of aliphatic hydroxyl groups is 1. The number of hydrogen-bond acceptors (Lipinski definition) is 6. The molecule has 0 radical (unpaired) electrons. The van der Waals surface area contributed by atoms with Crippen molar-refractivity contribution in [3.05, 3.63) is 35.2 Å². The first kappa shape index (κ1) is 28.2. The Morgan fingerprint density at radius 1 is 1.23 bits per heavy atom. The van der Waals surface area contributed by atoms with E-state index in [1.165, 1.54) is 19.4 Å². The molecular formula is C22H37ClN2O5. The second-order valence-electron chi connectivity index (χ2n) is 8.11. The largest absolute Gasteiger partial charge is 0.490 e. The normalized spacial score (nSPS) is 16.2. The Bertz CT molecular complexity index is 634. The number of ether oxygens (including phenoxy) is 2. The second-order valence-corrected chi connectivity index (χ2v) is 8.70. The van der Waals surface area contributed by atoms with Gasteiger partial charge in [0, 0.05) is 11.6 Å². The molecule has 30 heavy (non-hydrogen) atoms. The molecule has 0 saturated carbocycles. The van der Waals surface area contributed by atoms with E-state index in [-0.39, 0.29) is 17.1 Å². The Morgan fingerprint density at radius 2 is 1.87 bits per heavy atom. The van der Waals surface area contributed by atoms with Gasteiger partial charge in [-0.3, -0.25) is 4.79 Å². The molecule has 0 heterocycles. The van der Waals surface area contributed by atoms with Crippen LogP contribution in [0.3, 0.4) is 0 Å². The Kier molecular flexibility index (Phi) is 13.4. The van der Waals surface area contributed by atoms with Crippen molar-refractivity contribution in [2.45, 2.75) is 72.6 Å². The number of carbonyl (C=O) groups excluding carboxylic acids is 2. The molecule has 0 rings (SSSR count). The van der Waals surface area contributed by atoms with Crippen LogP contribution in [0.25, 0.3) is 0 Å². The Morgan fingerprint density at radius 3 is 2.37 bits per heavy atom. The van der Waals surface area contributed by atoms with Crippen LogP contribution in [0.5, 0.6) is 0 Å². The van der Waals surface area contributed by atoms with Crippen LogP contribution in [0.2, 0.25) is 0 Å². The van der Waals surface area contributed by atoms with Crippen LogP contribution in [0.15, 0.2) is 35.2 Å². The van der Waals surface area contributed by atoms with Crippen molar-refractivity contribution in [1.29, 1.82) is 0 Å². The highest BCUT2D eigenvalue weighted by molar-refractivity contribution is 6.29. The zero-order valence-electron chi connectivity index (χ0n) is 19.1. The number of halogens is 1. The van der Waals surface area contributed by atoms with Gasteiger partial charge < -0.3 is 25.2 Å². The van der Waals surface area contributed by atoms with Crippen LogP contribution in [-0.2, 0) is 19.1 Å². The molecule has 0 aromatic heterocycles. The van der Waals surface area contributed by atoms with Gasteiger partial charge in [0.25, 0.3) is 0 Å². The summed E-state index contributed by atoms with van der Waals surface area (Å²) in [6, 6.07) is -0.515. The predicted molar refractivity (Wildman–Crippen MR) is 120 cm³/mol. The highest BCUT2D eigenvalue weighted by atomic mass is 35.5. The van der Waals surface area contributed by atoms with E-state index < -0.39 is 24.2 Å². The topological polar surface area (TPSA) is 96.9 Å². The molecule has 172 valence electrons. The summed E-state index contributed by atoms with van der Waals surface area (Å²) in [4.78, 5) is 24.6. The van der Waals surface area contributed by atoms with E-state index in [1.54, 1.807) is 32.9 Å². The number of esters is 1. The maximum absolute atomic E-state index is 12.6. The number of aliphatic hydroxyl groups excluding tert-OH is 1. The van der Waals surface area contributed by atoms with Gasteiger partial charge in [0.15, 0.2) is 5.76 Å². The van der Waals surface area contributed by atoms with E-state index in [4.69, 9.17) is 21.1 Å². The third kappa shape index (κ3) is 12.0. The molecule has 0 saturated heterocycles. The average molecular weight is 445 g/mol. The molecule has 3 atom stereocenters. The minimum absolute atomic E-state index is 0.135. The summed E-state index contributed by atoms with van der Waals surface area (Å²) >= 11 is 5.74. The molecule has 3 N–H and O–H groups in total. The SMILES string of the molecule is C/C=C(/OC)C(=O)OC(C)CN[C@H](C(=O)N/C=C\C[C@@H](O)C/C=C(\C)Cl)C(C)(C)C. The van der Waals surface area contributed by atoms with Crippen molar-refractivity contribution in [2.75, 3.05) is 13.7 Å². The fraction of sp³-hybridized carbons (Fsp3) is 0.636. The van der Waals surface area contributed by atoms with Crippen molar-refractivity contribution >= 4 is 23.5 Å². The first-order valence-electron chi connectivity index (χ1n) is 10.0. The van der Waals surface area contributed by atoms with E-state index in [1.807, 2.05) is 20.8 Å². The van der Waals surface area contributed by atoms with Crippen LogP contribution in [0.4, 0.5) is 0 Å². The number of nitrogens with one attached hydrogen (secondary N) is 2. The van der Waals surface area contributed by atoms with Gasteiger partial charge in [-0.15, -0.1) is 0 Å². The summed E-state index contributed by atoms with van der Waals surface area (Å²) in [6.45, 7) is 11.3. The maximum Gasteiger partial charge on any atom is 0.373 e. The molecule has 0 bridgehead atoms. The van der Waals surface area contributed by atoms with Crippen molar-refractivity contribution in [3.8, 4) is 0 Å². The van der Waals surface area contributed by atoms with Crippen LogP contribution >= 0.6 is 11.6 Å². The third-order valence-electron chi connectivity index (χ3n) is 4.15. The standard InChI is InChI=1S/C22H37ClN2O5/c1-8-18(29-7)21(28)30-16(3)14-25-19(22(4,5)6)20(27)24-13-9-10-17(26)12-11-15(2)23/h8-9,11,13,16-17,19,25-26H,10,12,14H2,1-7H3,(H,24,27)/b13-9-,15-11+,18-8+/t16?,17-,19-/m1/s1. The summed E-state index contributed by atoms with van der Waals surface area (Å²) in [6.07, 6.45) is 6.35. The molecule has 0 fully saturated rings. The fourth-order valence-electron chi connectivity index (χ4n) is 2.52. The highest BCUT2D eigenvalue weighted by Gasteiger charge is 2.31. The minimum Gasteiger partial charge on any atom is -0.490 e. The zero-order valence-corrected chi connectivity index (χ0v) is 19.9. The summed E-state index contributed by atoms with van der Waals surface area (Å²) in [5, 5.41) is 16.4. The van der Waals surface area contributed by atoms with Gasteiger partial charge in [-0.2, -0.15) is 0 Å². The van der Waals surface area contributed by atoms with Crippen LogP contribution < -0.4 is 10.6 Å². The number of hydrogen-bond donors (Lipinski definition) is 3.